The molecule has 2 N–H and O–H groups in total. The Morgan fingerprint density at radius 3 is 2.80 bits per heavy atom. The summed E-state index contributed by atoms with van der Waals surface area (Å²) in [7, 11) is 0. The van der Waals surface area contributed by atoms with Crippen molar-refractivity contribution in [2.75, 3.05) is 0 Å². The Bertz CT molecular complexity index is 202. The first kappa shape index (κ1) is 7.28. The molecule has 0 bridgehead atoms. The number of rotatable bonds is 2. The van der Waals surface area contributed by atoms with Crippen LogP contribution in [-0.4, -0.2) is 9.78 Å². The summed E-state index contributed by atoms with van der Waals surface area (Å²) in [6.45, 7) is 4.90. The molecule has 3 nitrogen and oxygen atoms in total. The Morgan fingerprint density at radius 1 is 1.80 bits per heavy atom. The second kappa shape index (κ2) is 2.84. The van der Waals surface area contributed by atoms with Crippen molar-refractivity contribution in [3.05, 3.63) is 18.0 Å². The summed E-state index contributed by atoms with van der Waals surface area (Å²) < 4.78 is 1.87. The van der Waals surface area contributed by atoms with E-state index in [1.807, 2.05) is 23.9 Å². The second-order valence-electron chi connectivity index (χ2n) is 2.38. The van der Waals surface area contributed by atoms with E-state index in [9.17, 15) is 0 Å². The molecule has 1 unspecified atom stereocenters. The van der Waals surface area contributed by atoms with Crippen LogP contribution in [0.15, 0.2) is 12.3 Å². The van der Waals surface area contributed by atoms with Gasteiger partial charge in [0, 0.05) is 18.8 Å². The zero-order chi connectivity index (χ0) is 7.56. The molecule has 0 radical (unpaired) electrons. The lowest BCUT2D eigenvalue weighted by molar-refractivity contribution is 0.630. The minimum absolute atomic E-state index is 0.0489. The minimum atomic E-state index is 0.0489. The molecule has 1 heterocycles. The summed E-state index contributed by atoms with van der Waals surface area (Å²) in [4.78, 5) is 0. The van der Waals surface area contributed by atoms with Crippen LogP contribution in [0, 0.1) is 0 Å². The minimum Gasteiger partial charge on any atom is -0.323 e. The molecule has 1 rings (SSSR count). The highest BCUT2D eigenvalue weighted by Crippen LogP contribution is 2.04. The number of aryl methyl sites for hydroxylation is 1. The molecule has 0 aromatic carbocycles. The Morgan fingerprint density at radius 2 is 2.50 bits per heavy atom. The van der Waals surface area contributed by atoms with Gasteiger partial charge in [-0.2, -0.15) is 5.10 Å². The van der Waals surface area contributed by atoms with Crippen LogP contribution in [0.3, 0.4) is 0 Å². The van der Waals surface area contributed by atoms with Crippen molar-refractivity contribution in [1.29, 1.82) is 0 Å². The molecule has 0 aliphatic heterocycles. The fourth-order valence-corrected chi connectivity index (χ4v) is 0.796. The zero-order valence-corrected chi connectivity index (χ0v) is 6.41. The Kier molecular flexibility index (Phi) is 2.06. The van der Waals surface area contributed by atoms with Gasteiger partial charge in [0.15, 0.2) is 0 Å². The van der Waals surface area contributed by atoms with Gasteiger partial charge in [0.2, 0.25) is 0 Å². The van der Waals surface area contributed by atoms with E-state index in [4.69, 9.17) is 5.73 Å². The Balaban J connectivity index is 2.78. The molecule has 56 valence electrons. The number of nitrogens with two attached hydrogens (primary N) is 1. The van der Waals surface area contributed by atoms with Crippen LogP contribution in [0.2, 0.25) is 0 Å². The van der Waals surface area contributed by atoms with Crippen LogP contribution in [0.4, 0.5) is 0 Å². The predicted octanol–water partition coefficient (Wildman–Crippen LogP) is 0.923. The van der Waals surface area contributed by atoms with Crippen molar-refractivity contribution >= 4 is 0 Å². The fraction of sp³-hybridized carbons (Fsp3) is 0.571. The van der Waals surface area contributed by atoms with Crippen LogP contribution >= 0.6 is 0 Å². The van der Waals surface area contributed by atoms with Gasteiger partial charge in [-0.25, -0.2) is 0 Å². The van der Waals surface area contributed by atoms with E-state index >= 15 is 0 Å². The van der Waals surface area contributed by atoms with Crippen molar-refractivity contribution in [3.63, 3.8) is 0 Å². The smallest absolute Gasteiger partial charge is 0.0788 e. The average Bonchev–Trinajstić information content (AvgIpc) is 2.34. The average molecular weight is 139 g/mol. The molecule has 3 heteroatoms. The predicted molar refractivity (Wildman–Crippen MR) is 40.5 cm³/mol. The SMILES string of the molecule is CCn1ccc(C(C)N)n1. The summed E-state index contributed by atoms with van der Waals surface area (Å²) in [5.41, 5.74) is 6.57. The van der Waals surface area contributed by atoms with Gasteiger partial charge in [-0.05, 0) is 19.9 Å². The van der Waals surface area contributed by atoms with Gasteiger partial charge < -0.3 is 5.73 Å². The number of hydrogen-bond acceptors (Lipinski definition) is 2. The molecule has 0 fully saturated rings. The maximum absolute atomic E-state index is 5.61. The highest BCUT2D eigenvalue weighted by molar-refractivity contribution is 5.02. The third-order valence-electron chi connectivity index (χ3n) is 1.45. The first-order valence-corrected chi connectivity index (χ1v) is 3.53. The fourth-order valence-electron chi connectivity index (χ4n) is 0.796. The maximum atomic E-state index is 5.61. The van der Waals surface area contributed by atoms with Crippen LogP contribution < -0.4 is 5.73 Å². The molecule has 0 saturated carbocycles. The zero-order valence-electron chi connectivity index (χ0n) is 6.41. The topological polar surface area (TPSA) is 43.8 Å². The molecule has 0 saturated heterocycles. The molecule has 0 amide bonds. The van der Waals surface area contributed by atoms with Crippen LogP contribution in [0.5, 0.6) is 0 Å². The van der Waals surface area contributed by atoms with E-state index in [-0.39, 0.29) is 6.04 Å². The summed E-state index contributed by atoms with van der Waals surface area (Å²) in [5.74, 6) is 0. The Hall–Kier alpha value is -0.830. The molecule has 1 aromatic rings. The third kappa shape index (κ3) is 1.36. The van der Waals surface area contributed by atoms with Crippen molar-refractivity contribution < 1.29 is 0 Å². The standard InChI is InChI=1S/C7H13N3/c1-3-10-5-4-7(9-10)6(2)8/h4-6H,3,8H2,1-2H3. The first-order chi connectivity index (χ1) is 4.74. The summed E-state index contributed by atoms with van der Waals surface area (Å²) in [5, 5.41) is 4.22. The maximum Gasteiger partial charge on any atom is 0.0788 e. The van der Waals surface area contributed by atoms with Crippen molar-refractivity contribution in [2.24, 2.45) is 5.73 Å². The number of nitrogens with zero attached hydrogens (tertiary/aromatic N) is 2. The van der Waals surface area contributed by atoms with E-state index in [1.165, 1.54) is 0 Å². The number of aromatic nitrogens is 2. The van der Waals surface area contributed by atoms with Gasteiger partial charge in [0.05, 0.1) is 5.69 Å². The van der Waals surface area contributed by atoms with E-state index in [0.29, 0.717) is 0 Å². The summed E-state index contributed by atoms with van der Waals surface area (Å²) >= 11 is 0. The molecule has 10 heavy (non-hydrogen) atoms. The second-order valence-corrected chi connectivity index (χ2v) is 2.38. The molecule has 1 atom stereocenters. The van der Waals surface area contributed by atoms with E-state index in [1.54, 1.807) is 0 Å². The molecule has 0 aliphatic rings. The number of hydrogen-bond donors (Lipinski definition) is 1. The van der Waals surface area contributed by atoms with E-state index in [0.717, 1.165) is 12.2 Å². The highest BCUT2D eigenvalue weighted by Gasteiger charge is 2.00. The van der Waals surface area contributed by atoms with Crippen LogP contribution in [0.25, 0.3) is 0 Å². The first-order valence-electron chi connectivity index (χ1n) is 3.53. The Labute approximate surface area is 60.8 Å². The monoisotopic (exact) mass is 139 g/mol. The lowest BCUT2D eigenvalue weighted by Gasteiger charge is -1.97. The quantitative estimate of drug-likeness (QED) is 0.662. The van der Waals surface area contributed by atoms with E-state index < -0.39 is 0 Å². The van der Waals surface area contributed by atoms with Crippen molar-refractivity contribution in [3.8, 4) is 0 Å². The van der Waals surface area contributed by atoms with Gasteiger partial charge in [-0.15, -0.1) is 0 Å². The van der Waals surface area contributed by atoms with Gasteiger partial charge in [0.25, 0.3) is 0 Å². The van der Waals surface area contributed by atoms with Gasteiger partial charge in [-0.1, -0.05) is 0 Å². The van der Waals surface area contributed by atoms with Gasteiger partial charge in [0.1, 0.15) is 0 Å². The lowest BCUT2D eigenvalue weighted by atomic mass is 10.3. The van der Waals surface area contributed by atoms with Gasteiger partial charge >= 0.3 is 0 Å². The van der Waals surface area contributed by atoms with Crippen molar-refractivity contribution in [1.82, 2.24) is 9.78 Å². The normalized spacial score (nSPS) is 13.5. The molecule has 0 aliphatic carbocycles. The van der Waals surface area contributed by atoms with Crippen LogP contribution in [-0.2, 0) is 6.54 Å². The molecule has 1 aromatic heterocycles. The van der Waals surface area contributed by atoms with Crippen LogP contribution in [0.1, 0.15) is 25.6 Å². The largest absolute Gasteiger partial charge is 0.323 e. The third-order valence-corrected chi connectivity index (χ3v) is 1.45. The molecule has 0 spiro atoms. The summed E-state index contributed by atoms with van der Waals surface area (Å²) in [6, 6.07) is 2.00. The van der Waals surface area contributed by atoms with Gasteiger partial charge in [-0.3, -0.25) is 4.68 Å². The van der Waals surface area contributed by atoms with E-state index in [2.05, 4.69) is 12.0 Å². The lowest BCUT2D eigenvalue weighted by Crippen LogP contribution is -2.06. The highest BCUT2D eigenvalue weighted by atomic mass is 15.3. The summed E-state index contributed by atoms with van der Waals surface area (Å²) in [6.07, 6.45) is 1.94. The van der Waals surface area contributed by atoms with Crippen molar-refractivity contribution in [2.45, 2.75) is 26.4 Å². The molecular formula is C7H13N3. The molecular weight excluding hydrogens is 126 g/mol.